The number of rotatable bonds is 6. The molecule has 1 amide bonds. The Balaban J connectivity index is 1.84. The number of hydrogen-bond acceptors (Lipinski definition) is 3. The first kappa shape index (κ1) is 13.8. The third-order valence-corrected chi connectivity index (χ3v) is 3.75. The van der Waals surface area contributed by atoms with Crippen LogP contribution in [0.2, 0.25) is 0 Å². The fourth-order valence-electron chi connectivity index (χ4n) is 2.70. The maximum absolute atomic E-state index is 12.1. The van der Waals surface area contributed by atoms with Crippen LogP contribution in [0, 0.1) is 5.92 Å². The highest BCUT2D eigenvalue weighted by Crippen LogP contribution is 2.26. The summed E-state index contributed by atoms with van der Waals surface area (Å²) in [4.78, 5) is 16.2. The molecular weight excluding hydrogens is 238 g/mol. The van der Waals surface area contributed by atoms with Gasteiger partial charge in [-0.2, -0.15) is 0 Å². The maximum Gasteiger partial charge on any atom is 0.254 e. The molecular formula is C15H23N3O. The van der Waals surface area contributed by atoms with Crippen LogP contribution in [0.4, 0.5) is 5.69 Å². The van der Waals surface area contributed by atoms with Crippen molar-refractivity contribution in [1.82, 2.24) is 10.3 Å². The zero-order valence-electron chi connectivity index (χ0n) is 11.6. The molecule has 0 saturated heterocycles. The highest BCUT2D eigenvalue weighted by Gasteiger charge is 2.15. The van der Waals surface area contributed by atoms with E-state index >= 15 is 0 Å². The van der Waals surface area contributed by atoms with E-state index in [0.717, 1.165) is 31.1 Å². The Labute approximate surface area is 115 Å². The molecule has 1 heterocycles. The normalized spacial score (nSPS) is 15.4. The Kier molecular flexibility index (Phi) is 5.19. The summed E-state index contributed by atoms with van der Waals surface area (Å²) in [5, 5.41) is 6.19. The van der Waals surface area contributed by atoms with Gasteiger partial charge in [0.2, 0.25) is 0 Å². The number of carbonyl (C=O) groups is 1. The summed E-state index contributed by atoms with van der Waals surface area (Å²) < 4.78 is 0. The largest absolute Gasteiger partial charge is 0.385 e. The molecule has 0 atom stereocenters. The number of nitrogens with zero attached hydrogens (tertiary/aromatic N) is 1. The number of pyridine rings is 1. The Morgan fingerprint density at radius 1 is 1.42 bits per heavy atom. The van der Waals surface area contributed by atoms with Gasteiger partial charge in [0.05, 0.1) is 11.3 Å². The second kappa shape index (κ2) is 7.12. The molecule has 1 aromatic heterocycles. The van der Waals surface area contributed by atoms with E-state index in [1.54, 1.807) is 12.4 Å². The highest BCUT2D eigenvalue weighted by atomic mass is 16.1. The average Bonchev–Trinajstić information content (AvgIpc) is 2.93. The zero-order chi connectivity index (χ0) is 13.5. The van der Waals surface area contributed by atoms with Crippen LogP contribution in [0.3, 0.4) is 0 Å². The first-order valence-corrected chi connectivity index (χ1v) is 7.27. The van der Waals surface area contributed by atoms with Gasteiger partial charge in [-0.3, -0.25) is 9.78 Å². The van der Waals surface area contributed by atoms with Gasteiger partial charge in [-0.15, -0.1) is 0 Å². The number of hydrogen-bond donors (Lipinski definition) is 2. The van der Waals surface area contributed by atoms with Crippen LogP contribution in [0.1, 0.15) is 49.4 Å². The van der Waals surface area contributed by atoms with Crippen molar-refractivity contribution in [2.45, 2.75) is 39.0 Å². The van der Waals surface area contributed by atoms with Crippen molar-refractivity contribution in [1.29, 1.82) is 0 Å². The van der Waals surface area contributed by atoms with Gasteiger partial charge in [-0.05, 0) is 25.3 Å². The number of carbonyl (C=O) groups excluding carboxylic acids is 1. The minimum atomic E-state index is -0.0259. The van der Waals surface area contributed by atoms with E-state index in [1.165, 1.54) is 25.7 Å². The van der Waals surface area contributed by atoms with E-state index in [4.69, 9.17) is 0 Å². The average molecular weight is 261 g/mol. The molecule has 1 aliphatic carbocycles. The topological polar surface area (TPSA) is 54.0 Å². The van der Waals surface area contributed by atoms with Gasteiger partial charge < -0.3 is 10.6 Å². The number of anilines is 1. The van der Waals surface area contributed by atoms with Crippen LogP contribution in [0.15, 0.2) is 18.5 Å². The van der Waals surface area contributed by atoms with Crippen molar-refractivity contribution < 1.29 is 4.79 Å². The summed E-state index contributed by atoms with van der Waals surface area (Å²) in [5.74, 6) is 0.782. The lowest BCUT2D eigenvalue weighted by Gasteiger charge is -2.12. The monoisotopic (exact) mass is 261 g/mol. The van der Waals surface area contributed by atoms with Crippen molar-refractivity contribution in [3.63, 3.8) is 0 Å². The third kappa shape index (κ3) is 3.94. The van der Waals surface area contributed by atoms with Gasteiger partial charge in [0, 0.05) is 25.5 Å². The SMILES string of the molecule is CCNc1ccncc1C(=O)NCCC1CCCC1. The van der Waals surface area contributed by atoms with Crippen molar-refractivity contribution >= 4 is 11.6 Å². The molecule has 1 aliphatic rings. The molecule has 2 rings (SSSR count). The quantitative estimate of drug-likeness (QED) is 0.828. The maximum atomic E-state index is 12.1. The molecule has 2 N–H and O–H groups in total. The number of aromatic nitrogens is 1. The highest BCUT2D eigenvalue weighted by molar-refractivity contribution is 5.99. The lowest BCUT2D eigenvalue weighted by atomic mass is 10.0. The van der Waals surface area contributed by atoms with Crippen molar-refractivity contribution in [3.8, 4) is 0 Å². The summed E-state index contributed by atoms with van der Waals surface area (Å²) in [6, 6.07) is 1.84. The number of nitrogens with one attached hydrogen (secondary N) is 2. The Bertz CT molecular complexity index is 414. The predicted molar refractivity (Wildman–Crippen MR) is 77.3 cm³/mol. The second-order valence-electron chi connectivity index (χ2n) is 5.15. The van der Waals surface area contributed by atoms with E-state index < -0.39 is 0 Å². The Hall–Kier alpha value is -1.58. The minimum Gasteiger partial charge on any atom is -0.385 e. The summed E-state index contributed by atoms with van der Waals surface area (Å²) >= 11 is 0. The molecule has 1 saturated carbocycles. The van der Waals surface area contributed by atoms with E-state index in [1.807, 2.05) is 13.0 Å². The van der Waals surface area contributed by atoms with Gasteiger partial charge in [-0.1, -0.05) is 25.7 Å². The summed E-state index contributed by atoms with van der Waals surface area (Å²) in [6.45, 7) is 3.58. The minimum absolute atomic E-state index is 0.0259. The number of amides is 1. The smallest absolute Gasteiger partial charge is 0.254 e. The van der Waals surface area contributed by atoms with Crippen LogP contribution in [-0.2, 0) is 0 Å². The van der Waals surface area contributed by atoms with Crippen LogP contribution < -0.4 is 10.6 Å². The van der Waals surface area contributed by atoms with Crippen LogP contribution in [0.5, 0.6) is 0 Å². The predicted octanol–water partition coefficient (Wildman–Crippen LogP) is 2.82. The van der Waals surface area contributed by atoms with Crippen molar-refractivity contribution in [3.05, 3.63) is 24.0 Å². The van der Waals surface area contributed by atoms with Gasteiger partial charge >= 0.3 is 0 Å². The van der Waals surface area contributed by atoms with E-state index in [-0.39, 0.29) is 5.91 Å². The van der Waals surface area contributed by atoms with Crippen LogP contribution >= 0.6 is 0 Å². The standard InChI is InChI=1S/C15H23N3O/c1-2-17-14-8-9-16-11-13(14)15(19)18-10-7-12-5-3-4-6-12/h8-9,11-12H,2-7,10H2,1H3,(H,16,17)(H,18,19). The molecule has 0 bridgehead atoms. The van der Waals surface area contributed by atoms with Gasteiger partial charge in [0.25, 0.3) is 5.91 Å². The molecule has 0 radical (unpaired) electrons. The van der Waals surface area contributed by atoms with Gasteiger partial charge in [-0.25, -0.2) is 0 Å². The molecule has 0 unspecified atom stereocenters. The summed E-state index contributed by atoms with van der Waals surface area (Å²) in [7, 11) is 0. The van der Waals surface area contributed by atoms with Crippen LogP contribution in [0.25, 0.3) is 0 Å². The molecule has 1 fully saturated rings. The fraction of sp³-hybridized carbons (Fsp3) is 0.600. The lowest BCUT2D eigenvalue weighted by molar-refractivity contribution is 0.0952. The van der Waals surface area contributed by atoms with Gasteiger partial charge in [0.1, 0.15) is 0 Å². The molecule has 0 aliphatic heterocycles. The molecule has 4 nitrogen and oxygen atoms in total. The lowest BCUT2D eigenvalue weighted by Crippen LogP contribution is -2.26. The van der Waals surface area contributed by atoms with E-state index in [0.29, 0.717) is 5.56 Å². The Morgan fingerprint density at radius 2 is 2.21 bits per heavy atom. The first-order chi connectivity index (χ1) is 9.31. The summed E-state index contributed by atoms with van der Waals surface area (Å²) in [6.07, 6.45) is 9.78. The fourth-order valence-corrected chi connectivity index (χ4v) is 2.70. The van der Waals surface area contributed by atoms with Crippen molar-refractivity contribution in [2.75, 3.05) is 18.4 Å². The van der Waals surface area contributed by atoms with Crippen molar-refractivity contribution in [2.24, 2.45) is 5.92 Å². The molecule has 0 spiro atoms. The molecule has 19 heavy (non-hydrogen) atoms. The first-order valence-electron chi connectivity index (χ1n) is 7.27. The molecule has 104 valence electrons. The summed E-state index contributed by atoms with van der Waals surface area (Å²) in [5.41, 5.74) is 1.49. The second-order valence-corrected chi connectivity index (χ2v) is 5.15. The zero-order valence-corrected chi connectivity index (χ0v) is 11.6. The van der Waals surface area contributed by atoms with Crippen LogP contribution in [-0.4, -0.2) is 24.0 Å². The van der Waals surface area contributed by atoms with Gasteiger partial charge in [0.15, 0.2) is 0 Å². The molecule has 1 aromatic rings. The molecule has 0 aromatic carbocycles. The van der Waals surface area contributed by atoms with E-state index in [9.17, 15) is 4.79 Å². The Morgan fingerprint density at radius 3 is 2.95 bits per heavy atom. The third-order valence-electron chi connectivity index (χ3n) is 3.75. The molecule has 4 heteroatoms. The van der Waals surface area contributed by atoms with E-state index in [2.05, 4.69) is 15.6 Å².